The summed E-state index contributed by atoms with van der Waals surface area (Å²) in [6, 6.07) is 0.121. The zero-order valence-corrected chi connectivity index (χ0v) is 11.9. The molecule has 1 amide bonds. The maximum absolute atomic E-state index is 12.5. The van der Waals surface area contributed by atoms with Gasteiger partial charge in [-0.1, -0.05) is 26.7 Å². The second-order valence-corrected chi connectivity index (χ2v) is 5.22. The number of morpholine rings is 1. The van der Waals surface area contributed by atoms with E-state index in [2.05, 4.69) is 13.8 Å². The lowest BCUT2D eigenvalue weighted by atomic mass is 9.96. The highest BCUT2D eigenvalue weighted by Crippen LogP contribution is 2.20. The summed E-state index contributed by atoms with van der Waals surface area (Å²) in [5.74, 6) is 0.366. The fourth-order valence-electron chi connectivity index (χ4n) is 2.42. The molecule has 0 aromatic carbocycles. The Bertz CT molecular complexity index is 257. The fraction of sp³-hybridized carbons (Fsp3) is 0.929. The molecule has 0 radical (unpaired) electrons. The van der Waals surface area contributed by atoms with Crippen LogP contribution in [0.1, 0.15) is 46.5 Å². The molecule has 1 heterocycles. The summed E-state index contributed by atoms with van der Waals surface area (Å²) in [6.45, 7) is 7.28. The van der Waals surface area contributed by atoms with E-state index in [9.17, 15) is 4.79 Å². The minimum Gasteiger partial charge on any atom is -0.394 e. The van der Waals surface area contributed by atoms with E-state index in [4.69, 9.17) is 9.84 Å². The van der Waals surface area contributed by atoms with Crippen molar-refractivity contribution in [3.8, 4) is 0 Å². The van der Waals surface area contributed by atoms with Crippen LogP contribution in [0.4, 0.5) is 0 Å². The van der Waals surface area contributed by atoms with Crippen LogP contribution in [-0.4, -0.2) is 47.8 Å². The molecular formula is C14H27NO3. The van der Waals surface area contributed by atoms with E-state index < -0.39 is 0 Å². The lowest BCUT2D eigenvalue weighted by Crippen LogP contribution is -2.53. The van der Waals surface area contributed by atoms with Crippen molar-refractivity contribution in [3.05, 3.63) is 0 Å². The number of carbonyl (C=O) groups excluding carboxylic acids is 1. The zero-order chi connectivity index (χ0) is 13.5. The molecule has 3 atom stereocenters. The quantitative estimate of drug-likeness (QED) is 0.789. The number of aliphatic hydroxyl groups excluding tert-OH is 1. The van der Waals surface area contributed by atoms with Gasteiger partial charge < -0.3 is 14.7 Å². The van der Waals surface area contributed by atoms with Crippen LogP contribution >= 0.6 is 0 Å². The van der Waals surface area contributed by atoms with Crippen molar-refractivity contribution in [2.75, 3.05) is 19.8 Å². The predicted octanol–water partition coefficient (Wildman–Crippen LogP) is 1.81. The van der Waals surface area contributed by atoms with E-state index in [0.717, 1.165) is 25.7 Å². The number of unbranched alkanes of at least 4 members (excludes halogenated alkanes) is 1. The monoisotopic (exact) mass is 257 g/mol. The second kappa shape index (κ2) is 7.74. The van der Waals surface area contributed by atoms with Crippen molar-refractivity contribution >= 4 is 5.91 Å². The Morgan fingerprint density at radius 2 is 2.22 bits per heavy atom. The lowest BCUT2D eigenvalue weighted by Gasteiger charge is -2.39. The second-order valence-electron chi connectivity index (χ2n) is 5.22. The minimum atomic E-state index is -0.214. The third-order valence-electron chi connectivity index (χ3n) is 3.74. The van der Waals surface area contributed by atoms with Crippen LogP contribution in [0.3, 0.4) is 0 Å². The Kier molecular flexibility index (Phi) is 6.65. The average molecular weight is 257 g/mol. The van der Waals surface area contributed by atoms with Gasteiger partial charge in [-0.05, 0) is 19.8 Å². The van der Waals surface area contributed by atoms with Gasteiger partial charge in [-0.3, -0.25) is 4.79 Å². The molecule has 0 aliphatic carbocycles. The summed E-state index contributed by atoms with van der Waals surface area (Å²) >= 11 is 0. The average Bonchev–Trinajstić information content (AvgIpc) is 2.40. The number of hydrogen-bond donors (Lipinski definition) is 1. The number of ether oxygens (including phenoxy) is 1. The molecule has 0 saturated carbocycles. The molecule has 4 heteroatoms. The van der Waals surface area contributed by atoms with Gasteiger partial charge in [0.15, 0.2) is 0 Å². The van der Waals surface area contributed by atoms with Crippen LogP contribution in [0, 0.1) is 5.92 Å². The summed E-state index contributed by atoms with van der Waals surface area (Å²) in [6.07, 6.45) is 3.88. The van der Waals surface area contributed by atoms with Gasteiger partial charge in [0, 0.05) is 12.5 Å². The Labute approximate surface area is 110 Å². The van der Waals surface area contributed by atoms with Crippen LogP contribution in [0.5, 0.6) is 0 Å². The number of carbonyl (C=O) groups is 1. The number of amides is 1. The summed E-state index contributed by atoms with van der Waals surface area (Å²) in [5.41, 5.74) is 0. The molecule has 0 spiro atoms. The van der Waals surface area contributed by atoms with E-state index in [1.807, 2.05) is 11.8 Å². The fourth-order valence-corrected chi connectivity index (χ4v) is 2.42. The van der Waals surface area contributed by atoms with Gasteiger partial charge in [0.2, 0.25) is 5.91 Å². The van der Waals surface area contributed by atoms with E-state index in [1.54, 1.807) is 0 Å². The highest BCUT2D eigenvalue weighted by molar-refractivity contribution is 5.79. The third-order valence-corrected chi connectivity index (χ3v) is 3.74. The first kappa shape index (κ1) is 15.4. The highest BCUT2D eigenvalue weighted by atomic mass is 16.5. The number of hydrogen-bond acceptors (Lipinski definition) is 3. The highest BCUT2D eigenvalue weighted by Gasteiger charge is 2.32. The first-order valence-corrected chi connectivity index (χ1v) is 7.16. The van der Waals surface area contributed by atoms with E-state index in [0.29, 0.717) is 13.2 Å². The molecule has 0 aromatic heterocycles. The molecule has 1 saturated heterocycles. The van der Waals surface area contributed by atoms with Crippen molar-refractivity contribution < 1.29 is 14.6 Å². The minimum absolute atomic E-state index is 0.0117. The van der Waals surface area contributed by atoms with E-state index >= 15 is 0 Å². The van der Waals surface area contributed by atoms with Crippen molar-refractivity contribution in [2.24, 2.45) is 5.92 Å². The van der Waals surface area contributed by atoms with Crippen molar-refractivity contribution in [2.45, 2.75) is 58.6 Å². The van der Waals surface area contributed by atoms with Gasteiger partial charge in [-0.2, -0.15) is 0 Å². The molecule has 4 nitrogen and oxygen atoms in total. The zero-order valence-electron chi connectivity index (χ0n) is 11.9. The van der Waals surface area contributed by atoms with Gasteiger partial charge >= 0.3 is 0 Å². The van der Waals surface area contributed by atoms with Crippen LogP contribution in [0.25, 0.3) is 0 Å². The maximum Gasteiger partial charge on any atom is 0.226 e. The first-order chi connectivity index (χ1) is 8.63. The van der Waals surface area contributed by atoms with Crippen molar-refractivity contribution in [3.63, 3.8) is 0 Å². The normalized spacial score (nSPS) is 26.1. The Hall–Kier alpha value is -0.610. The van der Waals surface area contributed by atoms with Gasteiger partial charge in [-0.15, -0.1) is 0 Å². The van der Waals surface area contributed by atoms with Crippen LogP contribution < -0.4 is 0 Å². The van der Waals surface area contributed by atoms with Gasteiger partial charge in [0.25, 0.3) is 0 Å². The molecule has 1 rings (SSSR count). The number of rotatable bonds is 6. The summed E-state index contributed by atoms with van der Waals surface area (Å²) < 4.78 is 5.47. The molecule has 0 bridgehead atoms. The standard InChI is InChI=1S/C14H27NO3/c1-4-6-7-12(5-2)14(17)15-8-13(9-16)18-10-11(15)3/h11-13,16H,4-10H2,1-3H3. The number of nitrogens with zero attached hydrogens (tertiary/aromatic N) is 1. The van der Waals surface area contributed by atoms with E-state index in [1.165, 1.54) is 0 Å². The van der Waals surface area contributed by atoms with Gasteiger partial charge in [0.1, 0.15) is 0 Å². The third kappa shape index (κ3) is 3.95. The maximum atomic E-state index is 12.5. The largest absolute Gasteiger partial charge is 0.394 e. The van der Waals surface area contributed by atoms with Gasteiger partial charge in [-0.25, -0.2) is 0 Å². The Balaban J connectivity index is 2.61. The molecule has 1 aliphatic heterocycles. The summed E-state index contributed by atoms with van der Waals surface area (Å²) in [7, 11) is 0. The first-order valence-electron chi connectivity index (χ1n) is 7.16. The molecule has 1 aliphatic rings. The lowest BCUT2D eigenvalue weighted by molar-refractivity contribution is -0.150. The summed E-state index contributed by atoms with van der Waals surface area (Å²) in [4.78, 5) is 14.4. The predicted molar refractivity (Wildman–Crippen MR) is 71.3 cm³/mol. The molecule has 18 heavy (non-hydrogen) atoms. The SMILES string of the molecule is CCCCC(CC)C(=O)N1CC(CO)OCC1C. The van der Waals surface area contributed by atoms with Gasteiger partial charge in [0.05, 0.1) is 25.4 Å². The Morgan fingerprint density at radius 1 is 1.50 bits per heavy atom. The molecule has 0 aromatic rings. The number of aliphatic hydroxyl groups is 1. The van der Waals surface area contributed by atoms with Crippen LogP contribution in [0.15, 0.2) is 0 Å². The molecule has 106 valence electrons. The topological polar surface area (TPSA) is 49.8 Å². The van der Waals surface area contributed by atoms with Crippen LogP contribution in [-0.2, 0) is 9.53 Å². The molecule has 3 unspecified atom stereocenters. The van der Waals surface area contributed by atoms with Crippen molar-refractivity contribution in [1.82, 2.24) is 4.90 Å². The molecular weight excluding hydrogens is 230 g/mol. The van der Waals surface area contributed by atoms with Crippen LogP contribution in [0.2, 0.25) is 0 Å². The molecule has 1 fully saturated rings. The van der Waals surface area contributed by atoms with Crippen molar-refractivity contribution in [1.29, 1.82) is 0 Å². The summed E-state index contributed by atoms with van der Waals surface area (Å²) in [5, 5.41) is 9.15. The molecule has 1 N–H and O–H groups in total. The smallest absolute Gasteiger partial charge is 0.226 e. The van der Waals surface area contributed by atoms with E-state index in [-0.39, 0.29) is 30.6 Å². The Morgan fingerprint density at radius 3 is 2.78 bits per heavy atom.